The molecule has 0 aromatic carbocycles. The van der Waals surface area contributed by atoms with Gasteiger partial charge in [-0.2, -0.15) is 13.2 Å². The van der Waals surface area contributed by atoms with Gasteiger partial charge in [0.15, 0.2) is 0 Å². The fourth-order valence-electron chi connectivity index (χ4n) is 2.53. The van der Waals surface area contributed by atoms with Crippen LogP contribution in [0.25, 0.3) is 0 Å². The molecule has 2 heterocycles. The molecule has 0 spiro atoms. The zero-order valence-electron chi connectivity index (χ0n) is 7.05. The Kier molecular flexibility index (Phi) is 2.03. The van der Waals surface area contributed by atoms with Gasteiger partial charge >= 0.3 is 6.18 Å². The second kappa shape index (κ2) is 2.85. The number of hydrogen-bond acceptors (Lipinski definition) is 2. The highest BCUT2D eigenvalue weighted by molar-refractivity contribution is 4.99. The molecule has 76 valence electrons. The lowest BCUT2D eigenvalue weighted by atomic mass is 9.79. The SMILES string of the molecule is NC[C@H]1[C@@H](C(F)(F)F)[C@H]2CC[C@H]1O2. The third-order valence-corrected chi connectivity index (χ3v) is 3.07. The van der Waals surface area contributed by atoms with Crippen molar-refractivity contribution >= 4 is 0 Å². The summed E-state index contributed by atoms with van der Waals surface area (Å²) in [5.41, 5.74) is 5.33. The Labute approximate surface area is 74.2 Å². The fourth-order valence-corrected chi connectivity index (χ4v) is 2.53. The van der Waals surface area contributed by atoms with E-state index in [4.69, 9.17) is 10.5 Å². The maximum Gasteiger partial charge on any atom is 0.394 e. The van der Waals surface area contributed by atoms with Crippen molar-refractivity contribution in [1.29, 1.82) is 0 Å². The average Bonchev–Trinajstić information content (AvgIpc) is 2.59. The molecule has 2 rings (SSSR count). The zero-order chi connectivity index (χ0) is 9.64. The van der Waals surface area contributed by atoms with E-state index in [1.807, 2.05) is 0 Å². The van der Waals surface area contributed by atoms with Crippen LogP contribution in [0.2, 0.25) is 0 Å². The van der Waals surface area contributed by atoms with Crippen LogP contribution in [0.5, 0.6) is 0 Å². The van der Waals surface area contributed by atoms with Crippen molar-refractivity contribution < 1.29 is 17.9 Å². The molecule has 0 saturated carbocycles. The summed E-state index contributed by atoms with van der Waals surface area (Å²) in [5, 5.41) is 0. The third-order valence-electron chi connectivity index (χ3n) is 3.07. The van der Waals surface area contributed by atoms with Crippen molar-refractivity contribution in [2.24, 2.45) is 17.6 Å². The third kappa shape index (κ3) is 1.34. The predicted molar refractivity (Wildman–Crippen MR) is 40.0 cm³/mol. The van der Waals surface area contributed by atoms with Gasteiger partial charge in [0.1, 0.15) is 0 Å². The molecule has 2 aliphatic heterocycles. The van der Waals surface area contributed by atoms with Gasteiger partial charge in [-0.3, -0.25) is 0 Å². The Morgan fingerprint density at radius 3 is 2.31 bits per heavy atom. The number of rotatable bonds is 1. The van der Waals surface area contributed by atoms with Gasteiger partial charge in [0.05, 0.1) is 18.1 Å². The summed E-state index contributed by atoms with van der Waals surface area (Å²) < 4.78 is 42.8. The summed E-state index contributed by atoms with van der Waals surface area (Å²) in [6.07, 6.45) is -3.76. The van der Waals surface area contributed by atoms with Crippen molar-refractivity contribution in [1.82, 2.24) is 0 Å². The van der Waals surface area contributed by atoms with Crippen LogP contribution >= 0.6 is 0 Å². The van der Waals surface area contributed by atoms with Gasteiger partial charge in [0.25, 0.3) is 0 Å². The molecule has 0 radical (unpaired) electrons. The molecule has 2 aliphatic rings. The minimum atomic E-state index is -4.15. The Balaban J connectivity index is 2.18. The lowest BCUT2D eigenvalue weighted by molar-refractivity contribution is -0.195. The fraction of sp³-hybridized carbons (Fsp3) is 1.00. The first-order chi connectivity index (χ1) is 6.04. The van der Waals surface area contributed by atoms with E-state index in [2.05, 4.69) is 0 Å². The van der Waals surface area contributed by atoms with Crippen LogP contribution < -0.4 is 5.73 Å². The normalized spacial score (nSPS) is 44.3. The van der Waals surface area contributed by atoms with Gasteiger partial charge in [-0.1, -0.05) is 0 Å². The van der Waals surface area contributed by atoms with Crippen LogP contribution in [-0.4, -0.2) is 24.9 Å². The van der Waals surface area contributed by atoms with Gasteiger partial charge in [-0.05, 0) is 19.4 Å². The molecule has 2 N–H and O–H groups in total. The minimum absolute atomic E-state index is 0.0747. The highest BCUT2D eigenvalue weighted by Crippen LogP contribution is 2.49. The van der Waals surface area contributed by atoms with Crippen LogP contribution in [0, 0.1) is 11.8 Å². The number of alkyl halides is 3. The number of ether oxygens (including phenoxy) is 1. The zero-order valence-corrected chi connectivity index (χ0v) is 7.05. The molecule has 13 heavy (non-hydrogen) atoms. The first kappa shape index (κ1) is 9.27. The Morgan fingerprint density at radius 2 is 1.85 bits per heavy atom. The van der Waals surface area contributed by atoms with E-state index in [1.165, 1.54) is 0 Å². The van der Waals surface area contributed by atoms with Crippen molar-refractivity contribution in [3.63, 3.8) is 0 Å². The maximum atomic E-state index is 12.5. The molecule has 0 aromatic rings. The quantitative estimate of drug-likeness (QED) is 0.684. The minimum Gasteiger partial charge on any atom is -0.374 e. The number of nitrogens with two attached hydrogens (primary N) is 1. The lowest BCUT2D eigenvalue weighted by Crippen LogP contribution is -2.41. The van der Waals surface area contributed by atoms with Crippen molar-refractivity contribution in [3.05, 3.63) is 0 Å². The molecular formula is C8H12F3NO. The molecule has 0 aliphatic carbocycles. The monoisotopic (exact) mass is 195 g/mol. The topological polar surface area (TPSA) is 35.2 Å². The Hall–Kier alpha value is -0.290. The second-order valence-electron chi connectivity index (χ2n) is 3.76. The first-order valence-electron chi connectivity index (χ1n) is 4.46. The van der Waals surface area contributed by atoms with Crippen molar-refractivity contribution in [2.45, 2.75) is 31.2 Å². The predicted octanol–water partition coefficient (Wildman–Crippen LogP) is 1.30. The summed E-state index contributed by atoms with van der Waals surface area (Å²) in [6, 6.07) is 0. The van der Waals surface area contributed by atoms with Gasteiger partial charge < -0.3 is 10.5 Å². The van der Waals surface area contributed by atoms with E-state index in [0.29, 0.717) is 6.42 Å². The maximum absolute atomic E-state index is 12.5. The Bertz CT molecular complexity index is 206. The van der Waals surface area contributed by atoms with E-state index in [1.54, 1.807) is 0 Å². The number of hydrogen-bond donors (Lipinski definition) is 1. The molecule has 2 nitrogen and oxygen atoms in total. The standard InChI is InChI=1S/C8H12F3NO/c9-8(10,11)7-4(3-12)5-1-2-6(7)13-5/h4-7H,1-3,12H2/t4-,5-,6-,7-/m1/s1. The molecule has 4 atom stereocenters. The summed E-state index contributed by atoms with van der Waals surface area (Å²) in [4.78, 5) is 0. The van der Waals surface area contributed by atoms with Crippen LogP contribution in [0.1, 0.15) is 12.8 Å². The highest BCUT2D eigenvalue weighted by Gasteiger charge is 2.59. The van der Waals surface area contributed by atoms with E-state index in [-0.39, 0.29) is 12.6 Å². The van der Waals surface area contributed by atoms with Crippen LogP contribution in [0.3, 0.4) is 0 Å². The van der Waals surface area contributed by atoms with Crippen LogP contribution in [-0.2, 0) is 4.74 Å². The van der Waals surface area contributed by atoms with Crippen LogP contribution in [0.4, 0.5) is 13.2 Å². The number of halogens is 3. The van der Waals surface area contributed by atoms with Crippen molar-refractivity contribution in [3.8, 4) is 0 Å². The smallest absolute Gasteiger partial charge is 0.374 e. The average molecular weight is 195 g/mol. The van der Waals surface area contributed by atoms with Gasteiger partial charge in [0.2, 0.25) is 0 Å². The van der Waals surface area contributed by atoms with Gasteiger partial charge in [-0.15, -0.1) is 0 Å². The summed E-state index contributed by atoms with van der Waals surface area (Å²) >= 11 is 0. The van der Waals surface area contributed by atoms with Crippen LogP contribution in [0.15, 0.2) is 0 Å². The second-order valence-corrected chi connectivity index (χ2v) is 3.76. The molecule has 5 heteroatoms. The van der Waals surface area contributed by atoms with Crippen molar-refractivity contribution in [2.75, 3.05) is 6.54 Å². The molecule has 2 saturated heterocycles. The largest absolute Gasteiger partial charge is 0.394 e. The molecular weight excluding hydrogens is 183 g/mol. The van der Waals surface area contributed by atoms with Gasteiger partial charge in [-0.25, -0.2) is 0 Å². The molecule has 2 bridgehead atoms. The molecule has 0 unspecified atom stereocenters. The summed E-state index contributed by atoms with van der Waals surface area (Å²) in [5.74, 6) is -1.84. The van der Waals surface area contributed by atoms with E-state index < -0.39 is 24.1 Å². The molecule has 0 aromatic heterocycles. The van der Waals surface area contributed by atoms with E-state index in [0.717, 1.165) is 6.42 Å². The van der Waals surface area contributed by atoms with E-state index in [9.17, 15) is 13.2 Å². The lowest BCUT2D eigenvalue weighted by Gasteiger charge is -2.28. The number of fused-ring (bicyclic) bond motifs is 2. The molecule has 0 amide bonds. The molecule has 2 fully saturated rings. The highest BCUT2D eigenvalue weighted by atomic mass is 19.4. The Morgan fingerprint density at radius 1 is 1.23 bits per heavy atom. The first-order valence-corrected chi connectivity index (χ1v) is 4.46. The van der Waals surface area contributed by atoms with E-state index >= 15 is 0 Å². The summed E-state index contributed by atoms with van der Waals surface area (Å²) in [7, 11) is 0. The summed E-state index contributed by atoms with van der Waals surface area (Å²) in [6.45, 7) is 0.0747. The van der Waals surface area contributed by atoms with Gasteiger partial charge in [0, 0.05) is 5.92 Å².